The van der Waals surface area contributed by atoms with Crippen molar-refractivity contribution in [3.8, 4) is 0 Å². The van der Waals surface area contributed by atoms with E-state index < -0.39 is 0 Å². The van der Waals surface area contributed by atoms with Gasteiger partial charge in [0.2, 0.25) is 0 Å². The molecule has 2 heterocycles. The maximum absolute atomic E-state index is 12.1. The third-order valence-corrected chi connectivity index (χ3v) is 4.64. The Hall–Kier alpha value is -1.36. The zero-order valence-electron chi connectivity index (χ0n) is 12.0. The maximum atomic E-state index is 12.1. The number of piperidine rings is 1. The fourth-order valence-electron chi connectivity index (χ4n) is 3.55. The summed E-state index contributed by atoms with van der Waals surface area (Å²) in [6.07, 6.45) is 12.3. The minimum Gasteiger partial charge on any atom is -0.348 e. The second-order valence-electron chi connectivity index (χ2n) is 6.09. The van der Waals surface area contributed by atoms with Crippen LogP contribution in [0.2, 0.25) is 0 Å². The summed E-state index contributed by atoms with van der Waals surface area (Å²) in [7, 11) is 0. The molecule has 20 heavy (non-hydrogen) atoms. The van der Waals surface area contributed by atoms with Gasteiger partial charge in [0.1, 0.15) is 0 Å². The highest BCUT2D eigenvalue weighted by molar-refractivity contribution is 5.93. The quantitative estimate of drug-likeness (QED) is 0.887. The number of H-pyrrole nitrogens is 1. The zero-order chi connectivity index (χ0) is 13.8. The van der Waals surface area contributed by atoms with Crippen LogP contribution < -0.4 is 5.32 Å². The molecule has 110 valence electrons. The Labute approximate surface area is 120 Å². The molecule has 2 N–H and O–H groups in total. The van der Waals surface area contributed by atoms with Crippen LogP contribution in [0.15, 0.2) is 12.4 Å². The van der Waals surface area contributed by atoms with Crippen LogP contribution in [-0.2, 0) is 0 Å². The van der Waals surface area contributed by atoms with Gasteiger partial charge in [-0.2, -0.15) is 5.10 Å². The lowest BCUT2D eigenvalue weighted by Gasteiger charge is -2.40. The summed E-state index contributed by atoms with van der Waals surface area (Å²) >= 11 is 0. The van der Waals surface area contributed by atoms with Gasteiger partial charge in [0.25, 0.3) is 5.91 Å². The number of likely N-dealkylation sites (tertiary alicyclic amines) is 1. The minimum atomic E-state index is -0.00533. The van der Waals surface area contributed by atoms with E-state index in [0.717, 1.165) is 19.0 Å². The monoisotopic (exact) mass is 276 g/mol. The summed E-state index contributed by atoms with van der Waals surface area (Å²) < 4.78 is 0. The van der Waals surface area contributed by atoms with E-state index in [1.54, 1.807) is 12.4 Å². The Morgan fingerprint density at radius 1 is 1.25 bits per heavy atom. The van der Waals surface area contributed by atoms with Crippen molar-refractivity contribution in [2.24, 2.45) is 0 Å². The van der Waals surface area contributed by atoms with Crippen LogP contribution in [0.5, 0.6) is 0 Å². The third-order valence-electron chi connectivity index (χ3n) is 4.64. The molecule has 5 nitrogen and oxygen atoms in total. The van der Waals surface area contributed by atoms with E-state index >= 15 is 0 Å². The first kappa shape index (κ1) is 13.6. The van der Waals surface area contributed by atoms with Gasteiger partial charge < -0.3 is 5.32 Å². The molecule has 5 heteroatoms. The molecule has 0 bridgehead atoms. The van der Waals surface area contributed by atoms with Gasteiger partial charge in [-0.25, -0.2) is 0 Å². The first-order valence-electron chi connectivity index (χ1n) is 7.86. The number of carbonyl (C=O) groups excluding carboxylic acids is 1. The Morgan fingerprint density at radius 3 is 2.85 bits per heavy atom. The minimum absolute atomic E-state index is 0.00533. The van der Waals surface area contributed by atoms with Gasteiger partial charge in [0, 0.05) is 24.8 Å². The normalized spacial score (nSPS) is 25.5. The predicted molar refractivity (Wildman–Crippen MR) is 77.5 cm³/mol. The molecule has 1 aliphatic heterocycles. The van der Waals surface area contributed by atoms with Crippen molar-refractivity contribution in [3.63, 3.8) is 0 Å². The topological polar surface area (TPSA) is 61.0 Å². The molecule has 1 amide bonds. The largest absolute Gasteiger partial charge is 0.348 e. The van der Waals surface area contributed by atoms with Crippen molar-refractivity contribution in [2.75, 3.05) is 13.1 Å². The predicted octanol–water partition coefficient (Wildman–Crippen LogP) is 1.94. The summed E-state index contributed by atoms with van der Waals surface area (Å²) in [5, 5.41) is 9.67. The Kier molecular flexibility index (Phi) is 4.35. The van der Waals surface area contributed by atoms with E-state index in [1.807, 2.05) is 0 Å². The maximum Gasteiger partial charge on any atom is 0.254 e. The average Bonchev–Trinajstić information content (AvgIpc) is 3.03. The molecule has 1 aromatic heterocycles. The molecule has 1 aliphatic carbocycles. The molecule has 2 aliphatic rings. The third kappa shape index (κ3) is 3.20. The smallest absolute Gasteiger partial charge is 0.254 e. The summed E-state index contributed by atoms with van der Waals surface area (Å²) in [6.45, 7) is 2.21. The van der Waals surface area contributed by atoms with E-state index in [4.69, 9.17) is 0 Å². The molecule has 3 rings (SSSR count). The highest BCUT2D eigenvalue weighted by Gasteiger charge is 2.27. The van der Waals surface area contributed by atoms with Gasteiger partial charge in [-0.1, -0.05) is 19.3 Å². The molecule has 0 radical (unpaired) electrons. The van der Waals surface area contributed by atoms with E-state index in [-0.39, 0.29) is 11.9 Å². The molecule has 1 saturated carbocycles. The fourth-order valence-corrected chi connectivity index (χ4v) is 3.55. The van der Waals surface area contributed by atoms with Crippen molar-refractivity contribution < 1.29 is 4.79 Å². The fraction of sp³-hybridized carbons (Fsp3) is 0.733. The first-order valence-corrected chi connectivity index (χ1v) is 7.86. The van der Waals surface area contributed by atoms with E-state index in [1.165, 1.54) is 45.1 Å². The molecule has 0 aromatic carbocycles. The first-order chi connectivity index (χ1) is 9.83. The van der Waals surface area contributed by atoms with Crippen LogP contribution in [0, 0.1) is 0 Å². The number of hydrogen-bond acceptors (Lipinski definition) is 3. The number of rotatable bonds is 3. The summed E-state index contributed by atoms with van der Waals surface area (Å²) in [5.41, 5.74) is 0.625. The molecule has 1 atom stereocenters. The molecule has 1 aromatic rings. The van der Waals surface area contributed by atoms with Gasteiger partial charge in [-0.15, -0.1) is 0 Å². The van der Waals surface area contributed by atoms with Gasteiger partial charge >= 0.3 is 0 Å². The zero-order valence-corrected chi connectivity index (χ0v) is 12.0. The number of hydrogen-bond donors (Lipinski definition) is 2. The average molecular weight is 276 g/mol. The van der Waals surface area contributed by atoms with Crippen LogP contribution in [0.1, 0.15) is 55.3 Å². The molecular formula is C15H24N4O. The number of aromatic amines is 1. The second-order valence-corrected chi connectivity index (χ2v) is 6.09. The van der Waals surface area contributed by atoms with Crippen molar-refractivity contribution in [3.05, 3.63) is 18.0 Å². The lowest BCUT2D eigenvalue weighted by atomic mass is 9.92. The molecule has 0 unspecified atom stereocenters. The Morgan fingerprint density at radius 2 is 2.10 bits per heavy atom. The molecule has 2 fully saturated rings. The van der Waals surface area contributed by atoms with Gasteiger partial charge in [-0.05, 0) is 32.2 Å². The van der Waals surface area contributed by atoms with E-state index in [0.29, 0.717) is 5.56 Å². The van der Waals surface area contributed by atoms with Gasteiger partial charge in [0.15, 0.2) is 0 Å². The van der Waals surface area contributed by atoms with Crippen LogP contribution in [0.25, 0.3) is 0 Å². The van der Waals surface area contributed by atoms with E-state index in [9.17, 15) is 4.79 Å². The summed E-state index contributed by atoms with van der Waals surface area (Å²) in [4.78, 5) is 14.7. The molecule has 0 spiro atoms. The van der Waals surface area contributed by atoms with Crippen LogP contribution in [0.4, 0.5) is 0 Å². The van der Waals surface area contributed by atoms with Gasteiger partial charge in [0.05, 0.1) is 11.8 Å². The number of nitrogens with one attached hydrogen (secondary N) is 2. The highest BCUT2D eigenvalue weighted by Crippen LogP contribution is 2.25. The lowest BCUT2D eigenvalue weighted by Crippen LogP contribution is -2.51. The SMILES string of the molecule is O=C(N[C@H]1CCCN(C2CCCCC2)C1)c1cn[nH]c1. The lowest BCUT2D eigenvalue weighted by molar-refractivity contribution is 0.0835. The van der Waals surface area contributed by atoms with E-state index in [2.05, 4.69) is 20.4 Å². The second kappa shape index (κ2) is 6.39. The molecule has 1 saturated heterocycles. The van der Waals surface area contributed by atoms with Crippen molar-refractivity contribution in [1.29, 1.82) is 0 Å². The highest BCUT2D eigenvalue weighted by atomic mass is 16.1. The standard InChI is InChI=1S/C15H24N4O/c20-15(12-9-16-17-10-12)18-13-5-4-8-19(11-13)14-6-2-1-3-7-14/h9-10,13-14H,1-8,11H2,(H,16,17)(H,18,20)/t13-/m0/s1. The van der Waals surface area contributed by atoms with Crippen LogP contribution in [0.3, 0.4) is 0 Å². The van der Waals surface area contributed by atoms with Crippen LogP contribution in [-0.4, -0.2) is 46.2 Å². The number of aromatic nitrogens is 2. The summed E-state index contributed by atoms with van der Waals surface area (Å²) in [5.74, 6) is -0.00533. The van der Waals surface area contributed by atoms with Crippen molar-refractivity contribution in [2.45, 2.75) is 57.0 Å². The number of amides is 1. The number of carbonyl (C=O) groups is 1. The summed E-state index contributed by atoms with van der Waals surface area (Å²) in [6, 6.07) is 1.03. The number of nitrogens with zero attached hydrogens (tertiary/aromatic N) is 2. The Balaban J connectivity index is 1.53. The van der Waals surface area contributed by atoms with Gasteiger partial charge in [-0.3, -0.25) is 14.8 Å². The van der Waals surface area contributed by atoms with Crippen molar-refractivity contribution >= 4 is 5.91 Å². The Bertz CT molecular complexity index is 425. The molecular weight excluding hydrogens is 252 g/mol. The van der Waals surface area contributed by atoms with Crippen LogP contribution >= 0.6 is 0 Å². The van der Waals surface area contributed by atoms with Crippen molar-refractivity contribution in [1.82, 2.24) is 20.4 Å².